The van der Waals surface area contributed by atoms with Crippen LogP contribution in [0.5, 0.6) is 0 Å². The van der Waals surface area contributed by atoms with Gasteiger partial charge in [0, 0.05) is 18.8 Å². The Labute approximate surface area is 92.2 Å². The first-order valence-corrected chi connectivity index (χ1v) is 5.50. The van der Waals surface area contributed by atoms with E-state index in [-0.39, 0.29) is 6.29 Å². The molecule has 1 aromatic carbocycles. The van der Waals surface area contributed by atoms with Crippen molar-refractivity contribution in [2.75, 3.05) is 13.2 Å². The molecule has 1 rings (SSSR count). The van der Waals surface area contributed by atoms with E-state index in [1.54, 1.807) is 0 Å². The highest BCUT2D eigenvalue weighted by Crippen LogP contribution is 2.25. The monoisotopic (exact) mass is 208 g/mol. The molecule has 0 bridgehead atoms. The van der Waals surface area contributed by atoms with Crippen LogP contribution in [-0.4, -0.2) is 13.2 Å². The van der Waals surface area contributed by atoms with Crippen molar-refractivity contribution in [1.82, 2.24) is 0 Å². The summed E-state index contributed by atoms with van der Waals surface area (Å²) in [6, 6.07) is 6.24. The van der Waals surface area contributed by atoms with Gasteiger partial charge in [0.25, 0.3) is 0 Å². The van der Waals surface area contributed by atoms with Gasteiger partial charge in [0.15, 0.2) is 6.29 Å². The third kappa shape index (κ3) is 3.05. The van der Waals surface area contributed by atoms with Crippen LogP contribution in [0, 0.1) is 13.8 Å². The molecule has 0 aliphatic carbocycles. The predicted octanol–water partition coefficient (Wildman–Crippen LogP) is 3.38. The first-order valence-electron chi connectivity index (χ1n) is 5.50. The Morgan fingerprint density at radius 2 is 1.47 bits per heavy atom. The van der Waals surface area contributed by atoms with E-state index in [2.05, 4.69) is 32.0 Å². The van der Waals surface area contributed by atoms with E-state index in [0.29, 0.717) is 13.2 Å². The lowest BCUT2D eigenvalue weighted by molar-refractivity contribution is -0.140. The van der Waals surface area contributed by atoms with Gasteiger partial charge in [-0.3, -0.25) is 0 Å². The summed E-state index contributed by atoms with van der Waals surface area (Å²) >= 11 is 0. The normalized spacial score (nSPS) is 11.0. The number of ether oxygens (including phenoxy) is 2. The molecule has 0 N–H and O–H groups in total. The van der Waals surface area contributed by atoms with Crippen molar-refractivity contribution in [2.45, 2.75) is 34.0 Å². The minimum atomic E-state index is -0.221. The van der Waals surface area contributed by atoms with Gasteiger partial charge in [-0.2, -0.15) is 0 Å². The van der Waals surface area contributed by atoms with Gasteiger partial charge in [0.1, 0.15) is 0 Å². The van der Waals surface area contributed by atoms with Gasteiger partial charge in [0.05, 0.1) is 0 Å². The Balaban J connectivity index is 2.98. The molecule has 0 aromatic heterocycles. The molecular weight excluding hydrogens is 188 g/mol. The number of hydrogen-bond donors (Lipinski definition) is 0. The van der Waals surface area contributed by atoms with Crippen LogP contribution in [0.15, 0.2) is 18.2 Å². The minimum absolute atomic E-state index is 0.221. The van der Waals surface area contributed by atoms with E-state index in [1.807, 2.05) is 13.8 Å². The van der Waals surface area contributed by atoms with E-state index in [1.165, 1.54) is 16.7 Å². The van der Waals surface area contributed by atoms with Gasteiger partial charge in [-0.15, -0.1) is 0 Å². The van der Waals surface area contributed by atoms with Crippen LogP contribution in [0.3, 0.4) is 0 Å². The molecule has 0 saturated carbocycles. The summed E-state index contributed by atoms with van der Waals surface area (Å²) < 4.78 is 11.2. The fourth-order valence-electron chi connectivity index (χ4n) is 1.72. The molecular formula is C13H20O2. The maximum atomic E-state index is 5.61. The van der Waals surface area contributed by atoms with E-state index in [9.17, 15) is 0 Å². The van der Waals surface area contributed by atoms with Crippen LogP contribution >= 0.6 is 0 Å². The Kier molecular flexibility index (Phi) is 4.79. The molecule has 0 spiro atoms. The van der Waals surface area contributed by atoms with Gasteiger partial charge >= 0.3 is 0 Å². The number of rotatable bonds is 5. The average Bonchev–Trinajstić information content (AvgIpc) is 2.18. The third-order valence-electron chi connectivity index (χ3n) is 2.41. The summed E-state index contributed by atoms with van der Waals surface area (Å²) in [7, 11) is 0. The van der Waals surface area contributed by atoms with Crippen molar-refractivity contribution in [2.24, 2.45) is 0 Å². The molecule has 15 heavy (non-hydrogen) atoms. The molecule has 1 aromatic rings. The molecule has 0 amide bonds. The van der Waals surface area contributed by atoms with Gasteiger partial charge in [-0.25, -0.2) is 0 Å². The Hall–Kier alpha value is -0.860. The lowest BCUT2D eigenvalue weighted by Gasteiger charge is -2.21. The molecule has 0 heterocycles. The maximum absolute atomic E-state index is 5.61. The molecule has 0 fully saturated rings. The van der Waals surface area contributed by atoms with Crippen molar-refractivity contribution in [3.8, 4) is 0 Å². The lowest BCUT2D eigenvalue weighted by atomic mass is 10.0. The van der Waals surface area contributed by atoms with Crippen LogP contribution in [0.25, 0.3) is 0 Å². The quantitative estimate of drug-likeness (QED) is 0.691. The van der Waals surface area contributed by atoms with E-state index < -0.39 is 0 Å². The standard InChI is InChI=1S/C13H20O2/c1-5-14-13(15-6-2)12-10(3)8-7-9-11(12)4/h7-9,13H,5-6H2,1-4H3. The molecule has 0 aliphatic heterocycles. The largest absolute Gasteiger partial charge is 0.349 e. The molecule has 0 aliphatic rings. The van der Waals surface area contributed by atoms with Crippen molar-refractivity contribution in [1.29, 1.82) is 0 Å². The molecule has 0 unspecified atom stereocenters. The zero-order chi connectivity index (χ0) is 11.3. The highest BCUT2D eigenvalue weighted by atomic mass is 16.7. The van der Waals surface area contributed by atoms with Gasteiger partial charge in [0.2, 0.25) is 0 Å². The zero-order valence-corrected chi connectivity index (χ0v) is 10.0. The Morgan fingerprint density at radius 1 is 1.00 bits per heavy atom. The van der Waals surface area contributed by atoms with E-state index in [4.69, 9.17) is 9.47 Å². The summed E-state index contributed by atoms with van der Waals surface area (Å²) in [6.07, 6.45) is -0.221. The van der Waals surface area contributed by atoms with Gasteiger partial charge in [-0.1, -0.05) is 18.2 Å². The van der Waals surface area contributed by atoms with Crippen LogP contribution in [0.1, 0.15) is 36.8 Å². The van der Waals surface area contributed by atoms with Crippen molar-refractivity contribution < 1.29 is 9.47 Å². The summed E-state index contributed by atoms with van der Waals surface area (Å²) in [5.74, 6) is 0. The van der Waals surface area contributed by atoms with E-state index in [0.717, 1.165) is 0 Å². The number of hydrogen-bond acceptors (Lipinski definition) is 2. The fourth-order valence-corrected chi connectivity index (χ4v) is 1.72. The second-order valence-electron chi connectivity index (χ2n) is 3.55. The fraction of sp³-hybridized carbons (Fsp3) is 0.538. The van der Waals surface area contributed by atoms with E-state index >= 15 is 0 Å². The SMILES string of the molecule is CCOC(OCC)c1c(C)cccc1C. The highest BCUT2D eigenvalue weighted by Gasteiger charge is 2.15. The second kappa shape index (κ2) is 5.89. The predicted molar refractivity (Wildman–Crippen MR) is 61.9 cm³/mol. The topological polar surface area (TPSA) is 18.5 Å². The Bertz CT molecular complexity index is 281. The lowest BCUT2D eigenvalue weighted by Crippen LogP contribution is -2.11. The molecule has 0 saturated heterocycles. The summed E-state index contributed by atoms with van der Waals surface area (Å²) in [6.45, 7) is 9.48. The molecule has 2 heteroatoms. The van der Waals surface area contributed by atoms with Gasteiger partial charge < -0.3 is 9.47 Å². The van der Waals surface area contributed by atoms with Crippen molar-refractivity contribution in [3.05, 3.63) is 34.9 Å². The molecule has 2 nitrogen and oxygen atoms in total. The smallest absolute Gasteiger partial charge is 0.184 e. The van der Waals surface area contributed by atoms with Crippen LogP contribution in [0.4, 0.5) is 0 Å². The van der Waals surface area contributed by atoms with Crippen molar-refractivity contribution in [3.63, 3.8) is 0 Å². The second-order valence-corrected chi connectivity index (χ2v) is 3.55. The zero-order valence-electron chi connectivity index (χ0n) is 10.0. The first kappa shape index (κ1) is 12.2. The number of benzene rings is 1. The maximum Gasteiger partial charge on any atom is 0.184 e. The third-order valence-corrected chi connectivity index (χ3v) is 2.41. The van der Waals surface area contributed by atoms with Crippen molar-refractivity contribution >= 4 is 0 Å². The summed E-state index contributed by atoms with van der Waals surface area (Å²) in [5, 5.41) is 0. The van der Waals surface area contributed by atoms with Crippen LogP contribution < -0.4 is 0 Å². The van der Waals surface area contributed by atoms with Crippen LogP contribution in [0.2, 0.25) is 0 Å². The Morgan fingerprint density at radius 3 is 1.87 bits per heavy atom. The summed E-state index contributed by atoms with van der Waals surface area (Å²) in [5.41, 5.74) is 3.62. The molecule has 0 radical (unpaired) electrons. The minimum Gasteiger partial charge on any atom is -0.349 e. The molecule has 84 valence electrons. The molecule has 0 atom stereocenters. The van der Waals surface area contributed by atoms with Crippen LogP contribution in [-0.2, 0) is 9.47 Å². The number of aryl methyl sites for hydroxylation is 2. The average molecular weight is 208 g/mol. The first-order chi connectivity index (χ1) is 7.20. The van der Waals surface area contributed by atoms with Gasteiger partial charge in [-0.05, 0) is 38.8 Å². The summed E-state index contributed by atoms with van der Waals surface area (Å²) in [4.78, 5) is 0. The highest BCUT2D eigenvalue weighted by molar-refractivity contribution is 5.34.